The maximum Gasteiger partial charge on any atom is 0.269 e. The highest BCUT2D eigenvalue weighted by Gasteiger charge is 2.23. The van der Waals surface area contributed by atoms with Crippen molar-refractivity contribution in [3.05, 3.63) is 76.9 Å². The maximum atomic E-state index is 12.9. The van der Waals surface area contributed by atoms with E-state index in [4.69, 9.17) is 0 Å². The van der Waals surface area contributed by atoms with Gasteiger partial charge in [-0.1, -0.05) is 24.8 Å². The fraction of sp³-hybridized carbons (Fsp3) is 0.217. The lowest BCUT2D eigenvalue weighted by Crippen LogP contribution is -2.25. The average Bonchev–Trinajstić information content (AvgIpc) is 3.20. The van der Waals surface area contributed by atoms with Crippen molar-refractivity contribution in [3.8, 4) is 11.4 Å². The summed E-state index contributed by atoms with van der Waals surface area (Å²) in [6.45, 7) is 7.58. The summed E-state index contributed by atoms with van der Waals surface area (Å²) < 4.78 is 1.82. The van der Waals surface area contributed by atoms with Crippen molar-refractivity contribution in [3.63, 3.8) is 0 Å². The predicted molar refractivity (Wildman–Crippen MR) is 127 cm³/mol. The van der Waals surface area contributed by atoms with Crippen LogP contribution in [0.4, 0.5) is 11.4 Å². The Bertz CT molecular complexity index is 1170. The van der Waals surface area contributed by atoms with Crippen LogP contribution in [-0.4, -0.2) is 36.6 Å². The number of hydrogen-bond acceptors (Lipinski definition) is 7. The van der Waals surface area contributed by atoms with E-state index in [0.29, 0.717) is 40.8 Å². The smallest absolute Gasteiger partial charge is 0.269 e. The highest BCUT2D eigenvalue weighted by atomic mass is 32.2. The Morgan fingerprint density at radius 2 is 1.85 bits per heavy atom. The zero-order chi connectivity index (χ0) is 24.0. The second kappa shape index (κ2) is 10.7. The van der Waals surface area contributed by atoms with E-state index in [9.17, 15) is 19.7 Å². The van der Waals surface area contributed by atoms with Crippen molar-refractivity contribution in [2.45, 2.75) is 37.2 Å². The molecule has 0 aliphatic heterocycles. The van der Waals surface area contributed by atoms with Crippen molar-refractivity contribution in [2.75, 3.05) is 5.32 Å². The van der Waals surface area contributed by atoms with Crippen molar-refractivity contribution < 1.29 is 14.5 Å². The van der Waals surface area contributed by atoms with Crippen molar-refractivity contribution in [1.82, 2.24) is 14.8 Å². The predicted octanol–water partition coefficient (Wildman–Crippen LogP) is 4.75. The molecule has 0 bridgehead atoms. The van der Waals surface area contributed by atoms with Gasteiger partial charge in [0.1, 0.15) is 0 Å². The van der Waals surface area contributed by atoms with Gasteiger partial charge in [0.15, 0.2) is 16.8 Å². The van der Waals surface area contributed by atoms with Gasteiger partial charge in [0.25, 0.3) is 5.69 Å². The molecule has 1 heterocycles. The standard InChI is InChI=1S/C23H23N5O4S/c1-4-14-27-21(17-8-12-19(13-9-17)28(31)32)25-26-23(27)33-20(5-2)22(30)24-18-10-6-16(7-11-18)15(3)29/h4,6-13,20H,1,5,14H2,2-3H3,(H,24,30)/t20-/m1/s1. The molecule has 0 saturated heterocycles. The molecule has 1 atom stereocenters. The summed E-state index contributed by atoms with van der Waals surface area (Å²) in [5.74, 6) is 0.297. The molecule has 0 radical (unpaired) electrons. The monoisotopic (exact) mass is 465 g/mol. The van der Waals surface area contributed by atoms with Crippen molar-refractivity contribution in [2.24, 2.45) is 0 Å². The number of nitrogens with one attached hydrogen (secondary N) is 1. The minimum absolute atomic E-state index is 0.0119. The maximum absolute atomic E-state index is 12.9. The third kappa shape index (κ3) is 5.72. The van der Waals surface area contributed by atoms with Gasteiger partial charge in [-0.3, -0.25) is 24.3 Å². The van der Waals surface area contributed by atoms with E-state index in [1.165, 1.54) is 30.8 Å². The number of thioether (sulfide) groups is 1. The summed E-state index contributed by atoms with van der Waals surface area (Å²) in [6, 6.07) is 12.8. The topological polar surface area (TPSA) is 120 Å². The number of nitro groups is 1. The summed E-state index contributed by atoms with van der Waals surface area (Å²) in [5.41, 5.74) is 1.83. The molecular formula is C23H23N5O4S. The van der Waals surface area contributed by atoms with Gasteiger partial charge < -0.3 is 5.32 Å². The van der Waals surface area contributed by atoms with Crippen LogP contribution in [0.1, 0.15) is 30.6 Å². The number of anilines is 1. The minimum atomic E-state index is -0.461. The van der Waals surface area contributed by atoms with Crippen LogP contribution in [0.25, 0.3) is 11.4 Å². The van der Waals surface area contributed by atoms with Gasteiger partial charge in [-0.2, -0.15) is 0 Å². The van der Waals surface area contributed by atoms with E-state index in [1.54, 1.807) is 42.5 Å². The molecule has 0 aliphatic carbocycles. The molecule has 0 saturated carbocycles. The number of rotatable bonds is 10. The van der Waals surface area contributed by atoms with Crippen molar-refractivity contribution in [1.29, 1.82) is 0 Å². The summed E-state index contributed by atoms with van der Waals surface area (Å²) >= 11 is 1.28. The minimum Gasteiger partial charge on any atom is -0.325 e. The summed E-state index contributed by atoms with van der Waals surface area (Å²) in [5, 5.41) is 22.4. The highest BCUT2D eigenvalue weighted by Crippen LogP contribution is 2.30. The first-order chi connectivity index (χ1) is 15.8. The Balaban J connectivity index is 1.80. The number of carbonyl (C=O) groups excluding carboxylic acids is 2. The zero-order valence-corrected chi connectivity index (χ0v) is 19.0. The third-order valence-corrected chi connectivity index (χ3v) is 6.18. The quantitative estimate of drug-likeness (QED) is 0.151. The number of carbonyl (C=O) groups is 2. The largest absolute Gasteiger partial charge is 0.325 e. The number of nitrogens with zero attached hydrogens (tertiary/aromatic N) is 4. The number of hydrogen-bond donors (Lipinski definition) is 1. The van der Waals surface area contributed by atoms with Crippen LogP contribution in [0.15, 0.2) is 66.3 Å². The lowest BCUT2D eigenvalue weighted by molar-refractivity contribution is -0.384. The second-order valence-corrected chi connectivity index (χ2v) is 8.32. The number of Topliss-reactive ketones (excluding diaryl/α,β-unsaturated/α-hetero) is 1. The van der Waals surface area contributed by atoms with Crippen LogP contribution in [0.2, 0.25) is 0 Å². The number of benzene rings is 2. The first kappa shape index (κ1) is 23.9. The van der Waals surface area contributed by atoms with E-state index in [0.717, 1.165) is 0 Å². The molecule has 0 spiro atoms. The molecule has 170 valence electrons. The van der Waals surface area contributed by atoms with Gasteiger partial charge in [0, 0.05) is 35.5 Å². The normalized spacial score (nSPS) is 11.6. The second-order valence-electron chi connectivity index (χ2n) is 7.15. The Kier molecular flexibility index (Phi) is 7.73. The van der Waals surface area contributed by atoms with E-state index in [-0.39, 0.29) is 17.4 Å². The third-order valence-electron chi connectivity index (χ3n) is 4.83. The van der Waals surface area contributed by atoms with Gasteiger partial charge in [-0.25, -0.2) is 0 Å². The van der Waals surface area contributed by atoms with E-state index in [2.05, 4.69) is 22.1 Å². The molecule has 3 rings (SSSR count). The van der Waals surface area contributed by atoms with Crippen LogP contribution in [0, 0.1) is 10.1 Å². The molecule has 1 amide bonds. The molecule has 0 fully saturated rings. The Labute approximate surface area is 195 Å². The molecule has 2 aromatic carbocycles. The molecule has 3 aromatic rings. The lowest BCUT2D eigenvalue weighted by Gasteiger charge is -2.15. The fourth-order valence-electron chi connectivity index (χ4n) is 3.08. The zero-order valence-electron chi connectivity index (χ0n) is 18.2. The van der Waals surface area contributed by atoms with Gasteiger partial charge >= 0.3 is 0 Å². The van der Waals surface area contributed by atoms with Gasteiger partial charge in [0.2, 0.25) is 5.91 Å². The van der Waals surface area contributed by atoms with Gasteiger partial charge in [-0.15, -0.1) is 16.8 Å². The van der Waals surface area contributed by atoms with Crippen LogP contribution >= 0.6 is 11.8 Å². The molecule has 33 heavy (non-hydrogen) atoms. The van der Waals surface area contributed by atoms with Gasteiger partial charge in [-0.05, 0) is 49.7 Å². The molecular weight excluding hydrogens is 442 g/mol. The fourth-order valence-corrected chi connectivity index (χ4v) is 4.04. The Morgan fingerprint density at radius 1 is 1.18 bits per heavy atom. The Hall–Kier alpha value is -3.79. The van der Waals surface area contributed by atoms with E-state index >= 15 is 0 Å². The van der Waals surface area contributed by atoms with E-state index < -0.39 is 10.2 Å². The molecule has 1 N–H and O–H groups in total. The SMILES string of the molecule is C=CCn1c(S[C@H](CC)C(=O)Nc2ccc(C(C)=O)cc2)nnc1-c1ccc([N+](=O)[O-])cc1. The molecule has 0 aliphatic rings. The number of nitro benzene ring substituents is 1. The summed E-state index contributed by atoms with van der Waals surface area (Å²) in [7, 11) is 0. The molecule has 1 aromatic heterocycles. The Morgan fingerprint density at radius 3 is 2.39 bits per heavy atom. The number of amides is 1. The van der Waals surface area contributed by atoms with Crippen LogP contribution in [0.3, 0.4) is 0 Å². The number of allylic oxidation sites excluding steroid dienone is 1. The first-order valence-electron chi connectivity index (χ1n) is 10.2. The van der Waals surface area contributed by atoms with E-state index in [1.807, 2.05) is 11.5 Å². The number of aromatic nitrogens is 3. The highest BCUT2D eigenvalue weighted by molar-refractivity contribution is 8.00. The summed E-state index contributed by atoms with van der Waals surface area (Å²) in [6.07, 6.45) is 2.25. The number of ketones is 1. The lowest BCUT2D eigenvalue weighted by atomic mass is 10.1. The summed E-state index contributed by atoms with van der Waals surface area (Å²) in [4.78, 5) is 34.8. The molecule has 0 unspecified atom stereocenters. The molecule has 10 heteroatoms. The van der Waals surface area contributed by atoms with Crippen LogP contribution < -0.4 is 5.32 Å². The van der Waals surface area contributed by atoms with Crippen LogP contribution in [-0.2, 0) is 11.3 Å². The van der Waals surface area contributed by atoms with Crippen LogP contribution in [0.5, 0.6) is 0 Å². The first-order valence-corrected chi connectivity index (χ1v) is 11.1. The van der Waals surface area contributed by atoms with Gasteiger partial charge in [0.05, 0.1) is 10.2 Å². The van der Waals surface area contributed by atoms with Crippen molar-refractivity contribution >= 4 is 34.8 Å². The average molecular weight is 466 g/mol. The molecule has 9 nitrogen and oxygen atoms in total. The number of non-ortho nitro benzene ring substituents is 1.